The fraction of sp³-hybridized carbons (Fsp3) is 0.111. The molecule has 0 heterocycles. The van der Waals surface area contributed by atoms with Crippen LogP contribution in [0.4, 0.5) is 11.4 Å². The molecule has 0 fully saturated rings. The van der Waals surface area contributed by atoms with Crippen LogP contribution in [-0.2, 0) is 4.79 Å². The number of anilines is 2. The lowest BCUT2D eigenvalue weighted by Gasteiger charge is -2.08. The van der Waals surface area contributed by atoms with Crippen LogP contribution >= 0.6 is 23.2 Å². The number of hydrogen-bond donors (Lipinski definition) is 2. The highest BCUT2D eigenvalue weighted by Crippen LogP contribution is 2.21. The van der Waals surface area contributed by atoms with E-state index in [0.717, 1.165) is 16.8 Å². The molecule has 0 saturated carbocycles. The van der Waals surface area contributed by atoms with Crippen LogP contribution in [0.25, 0.3) is 0 Å². The van der Waals surface area contributed by atoms with Gasteiger partial charge >= 0.3 is 0 Å². The molecule has 0 aliphatic rings. The van der Waals surface area contributed by atoms with E-state index in [9.17, 15) is 10.1 Å². The van der Waals surface area contributed by atoms with Gasteiger partial charge in [0, 0.05) is 27.6 Å². The van der Waals surface area contributed by atoms with Gasteiger partial charge in [0.25, 0.3) is 5.91 Å². The molecular weight excluding hydrogens is 345 g/mol. The average molecular weight is 360 g/mol. The number of rotatable bonds is 4. The van der Waals surface area contributed by atoms with E-state index < -0.39 is 5.91 Å². The van der Waals surface area contributed by atoms with Crippen molar-refractivity contribution in [1.82, 2.24) is 0 Å². The molecule has 122 valence electrons. The molecule has 1 amide bonds. The van der Waals surface area contributed by atoms with E-state index in [-0.39, 0.29) is 5.57 Å². The third kappa shape index (κ3) is 4.51. The Hall–Kier alpha value is -2.48. The predicted molar refractivity (Wildman–Crippen MR) is 98.3 cm³/mol. The Bertz CT molecular complexity index is 854. The lowest BCUT2D eigenvalue weighted by Crippen LogP contribution is -2.14. The van der Waals surface area contributed by atoms with Gasteiger partial charge in [-0.3, -0.25) is 4.79 Å². The second-order valence-corrected chi connectivity index (χ2v) is 6.04. The van der Waals surface area contributed by atoms with Gasteiger partial charge in [0.2, 0.25) is 0 Å². The Morgan fingerprint density at radius 2 is 1.88 bits per heavy atom. The first kappa shape index (κ1) is 17.9. The SMILES string of the molecule is Cc1ccc(NC(=O)/C(C#N)=C\Nc2ccc(Cl)cc2C)cc1Cl. The fourth-order valence-corrected chi connectivity index (χ4v) is 2.36. The molecule has 2 aromatic carbocycles. The molecule has 0 atom stereocenters. The van der Waals surface area contributed by atoms with Crippen molar-refractivity contribution in [2.24, 2.45) is 0 Å². The van der Waals surface area contributed by atoms with Crippen molar-refractivity contribution in [1.29, 1.82) is 5.26 Å². The fourth-order valence-electron chi connectivity index (χ4n) is 1.96. The third-order valence-electron chi connectivity index (χ3n) is 3.36. The topological polar surface area (TPSA) is 64.9 Å². The van der Waals surface area contributed by atoms with Gasteiger partial charge in [0.1, 0.15) is 11.6 Å². The minimum Gasteiger partial charge on any atom is -0.360 e. The molecule has 0 unspecified atom stereocenters. The number of benzene rings is 2. The maximum absolute atomic E-state index is 12.2. The molecule has 0 spiro atoms. The van der Waals surface area contributed by atoms with Crippen molar-refractivity contribution < 1.29 is 4.79 Å². The van der Waals surface area contributed by atoms with Crippen LogP contribution in [-0.4, -0.2) is 5.91 Å². The molecule has 24 heavy (non-hydrogen) atoms. The van der Waals surface area contributed by atoms with Gasteiger partial charge in [-0.15, -0.1) is 0 Å². The van der Waals surface area contributed by atoms with E-state index in [0.29, 0.717) is 15.7 Å². The van der Waals surface area contributed by atoms with Crippen LogP contribution in [0.3, 0.4) is 0 Å². The number of carbonyl (C=O) groups is 1. The summed E-state index contributed by atoms with van der Waals surface area (Å²) < 4.78 is 0. The first-order valence-corrected chi connectivity index (χ1v) is 7.87. The largest absolute Gasteiger partial charge is 0.360 e. The molecule has 2 rings (SSSR count). The smallest absolute Gasteiger partial charge is 0.267 e. The first-order valence-electron chi connectivity index (χ1n) is 7.11. The van der Waals surface area contributed by atoms with Crippen molar-refractivity contribution in [3.8, 4) is 6.07 Å². The maximum Gasteiger partial charge on any atom is 0.267 e. The van der Waals surface area contributed by atoms with Gasteiger partial charge in [-0.05, 0) is 55.3 Å². The Balaban J connectivity index is 2.13. The molecule has 0 bridgehead atoms. The summed E-state index contributed by atoms with van der Waals surface area (Å²) in [5.41, 5.74) is 3.05. The molecule has 2 N–H and O–H groups in total. The van der Waals surface area contributed by atoms with Crippen molar-refractivity contribution in [2.75, 3.05) is 10.6 Å². The number of carbonyl (C=O) groups excluding carboxylic acids is 1. The molecule has 0 saturated heterocycles. The van der Waals surface area contributed by atoms with E-state index in [1.165, 1.54) is 6.20 Å². The van der Waals surface area contributed by atoms with E-state index in [4.69, 9.17) is 23.2 Å². The summed E-state index contributed by atoms with van der Waals surface area (Å²) in [6.07, 6.45) is 1.36. The number of aryl methyl sites for hydroxylation is 2. The summed E-state index contributed by atoms with van der Waals surface area (Å²) in [4.78, 5) is 12.2. The van der Waals surface area contributed by atoms with E-state index in [2.05, 4.69) is 10.6 Å². The van der Waals surface area contributed by atoms with Crippen LogP contribution in [0.2, 0.25) is 10.0 Å². The minimum absolute atomic E-state index is 0.0546. The summed E-state index contributed by atoms with van der Waals surface area (Å²) in [6.45, 7) is 3.75. The molecule has 6 heteroatoms. The molecule has 0 radical (unpaired) electrons. The van der Waals surface area contributed by atoms with E-state index in [1.807, 2.05) is 19.9 Å². The van der Waals surface area contributed by atoms with Crippen molar-refractivity contribution in [3.05, 3.63) is 69.3 Å². The van der Waals surface area contributed by atoms with Gasteiger partial charge in [-0.2, -0.15) is 5.26 Å². The molecule has 0 aliphatic heterocycles. The molecule has 0 aromatic heterocycles. The van der Waals surface area contributed by atoms with E-state index >= 15 is 0 Å². The standard InChI is InChI=1S/C18H15Cl2N3O/c1-11-3-5-15(8-16(11)20)23-18(24)13(9-21)10-22-17-6-4-14(19)7-12(17)2/h3-8,10,22H,1-2H3,(H,23,24)/b13-10-. The lowest BCUT2D eigenvalue weighted by molar-refractivity contribution is -0.112. The summed E-state index contributed by atoms with van der Waals surface area (Å²) >= 11 is 11.9. The Labute approximate surface area is 150 Å². The Kier molecular flexibility index (Phi) is 5.86. The summed E-state index contributed by atoms with van der Waals surface area (Å²) in [5, 5.41) is 16.0. The second-order valence-electron chi connectivity index (χ2n) is 5.19. The van der Waals surface area contributed by atoms with Crippen molar-refractivity contribution in [3.63, 3.8) is 0 Å². The zero-order chi connectivity index (χ0) is 17.7. The second kappa shape index (κ2) is 7.87. The number of nitrogens with one attached hydrogen (secondary N) is 2. The molecule has 4 nitrogen and oxygen atoms in total. The number of halogens is 2. The maximum atomic E-state index is 12.2. The van der Waals surface area contributed by atoms with Gasteiger partial charge in [-0.25, -0.2) is 0 Å². The van der Waals surface area contributed by atoms with Crippen molar-refractivity contribution in [2.45, 2.75) is 13.8 Å². The number of nitriles is 1. The van der Waals surface area contributed by atoms with Crippen molar-refractivity contribution >= 4 is 40.5 Å². The normalized spacial score (nSPS) is 10.9. The Morgan fingerprint density at radius 1 is 1.12 bits per heavy atom. The molecule has 2 aromatic rings. The highest BCUT2D eigenvalue weighted by atomic mass is 35.5. The van der Waals surface area contributed by atoms with Crippen LogP contribution in [0, 0.1) is 25.2 Å². The zero-order valence-corrected chi connectivity index (χ0v) is 14.7. The van der Waals surface area contributed by atoms with Crippen LogP contribution in [0.1, 0.15) is 11.1 Å². The number of amides is 1. The predicted octanol–water partition coefficient (Wildman–Crippen LogP) is 5.07. The van der Waals surface area contributed by atoms with Gasteiger partial charge in [-0.1, -0.05) is 29.3 Å². The third-order valence-corrected chi connectivity index (χ3v) is 4.00. The first-order chi connectivity index (χ1) is 11.4. The summed E-state index contributed by atoms with van der Waals surface area (Å²) in [5.74, 6) is -0.517. The number of hydrogen-bond acceptors (Lipinski definition) is 3. The zero-order valence-electron chi connectivity index (χ0n) is 13.2. The highest BCUT2D eigenvalue weighted by molar-refractivity contribution is 6.31. The number of nitrogens with zero attached hydrogens (tertiary/aromatic N) is 1. The van der Waals surface area contributed by atoms with E-state index in [1.54, 1.807) is 36.4 Å². The lowest BCUT2D eigenvalue weighted by atomic mass is 10.2. The Morgan fingerprint density at radius 3 is 2.50 bits per heavy atom. The summed E-state index contributed by atoms with van der Waals surface area (Å²) in [7, 11) is 0. The quantitative estimate of drug-likeness (QED) is 0.591. The summed E-state index contributed by atoms with van der Waals surface area (Å²) in [6, 6.07) is 12.3. The average Bonchev–Trinajstić information content (AvgIpc) is 2.53. The molecule has 0 aliphatic carbocycles. The highest BCUT2D eigenvalue weighted by Gasteiger charge is 2.10. The van der Waals surface area contributed by atoms with Gasteiger partial charge < -0.3 is 10.6 Å². The van der Waals surface area contributed by atoms with Crippen LogP contribution < -0.4 is 10.6 Å². The van der Waals surface area contributed by atoms with Crippen LogP contribution in [0.5, 0.6) is 0 Å². The molecular formula is C18H15Cl2N3O. The van der Waals surface area contributed by atoms with Gasteiger partial charge in [0.15, 0.2) is 0 Å². The minimum atomic E-state index is -0.517. The monoisotopic (exact) mass is 359 g/mol. The van der Waals surface area contributed by atoms with Crippen LogP contribution in [0.15, 0.2) is 48.2 Å². The van der Waals surface area contributed by atoms with Gasteiger partial charge in [0.05, 0.1) is 0 Å².